The van der Waals surface area contributed by atoms with Crippen LogP contribution in [0.2, 0.25) is 0 Å². The summed E-state index contributed by atoms with van der Waals surface area (Å²) in [6.45, 7) is 5.47. The van der Waals surface area contributed by atoms with Crippen LogP contribution in [0.1, 0.15) is 41.6 Å². The third-order valence-electron chi connectivity index (χ3n) is 3.51. The fourth-order valence-electron chi connectivity index (χ4n) is 2.62. The lowest BCUT2D eigenvalue weighted by Crippen LogP contribution is -2.51. The van der Waals surface area contributed by atoms with E-state index in [0.717, 1.165) is 6.42 Å². The van der Waals surface area contributed by atoms with E-state index < -0.39 is 21.5 Å². The fraction of sp³-hybridized carbons (Fsp3) is 0.615. The molecule has 0 saturated carbocycles. The lowest BCUT2D eigenvalue weighted by Gasteiger charge is -2.33. The average Bonchev–Trinajstić information content (AvgIpc) is 2.64. The van der Waals surface area contributed by atoms with Gasteiger partial charge in [-0.15, -0.1) is 0 Å². The molecule has 0 amide bonds. The average molecular weight is 317 g/mol. The Bertz CT molecular complexity index is 654. The SMILES string of the molecule is Cc1oc(C)c(S(=O)(=O)NC2(C)CCCOC2)c1C(=O)O. The number of hydrogen-bond acceptors (Lipinski definition) is 5. The zero-order chi connectivity index (χ0) is 15.8. The van der Waals surface area contributed by atoms with Crippen molar-refractivity contribution in [1.29, 1.82) is 0 Å². The van der Waals surface area contributed by atoms with Gasteiger partial charge < -0.3 is 14.3 Å². The molecular weight excluding hydrogens is 298 g/mol. The molecule has 7 nitrogen and oxygen atoms in total. The summed E-state index contributed by atoms with van der Waals surface area (Å²) in [6.07, 6.45) is 1.37. The second kappa shape index (κ2) is 5.43. The van der Waals surface area contributed by atoms with Gasteiger partial charge in [0.05, 0.1) is 12.1 Å². The second-order valence-electron chi connectivity index (χ2n) is 5.55. The Morgan fingerprint density at radius 2 is 2.00 bits per heavy atom. The van der Waals surface area contributed by atoms with Gasteiger partial charge in [0.1, 0.15) is 22.0 Å². The minimum Gasteiger partial charge on any atom is -0.478 e. The number of rotatable bonds is 4. The number of aromatic carboxylic acids is 1. The van der Waals surface area contributed by atoms with Crippen molar-refractivity contribution in [2.24, 2.45) is 0 Å². The highest BCUT2D eigenvalue weighted by molar-refractivity contribution is 7.89. The van der Waals surface area contributed by atoms with Crippen molar-refractivity contribution >= 4 is 16.0 Å². The Balaban J connectivity index is 2.43. The lowest BCUT2D eigenvalue weighted by molar-refractivity contribution is 0.0386. The maximum Gasteiger partial charge on any atom is 0.340 e. The molecule has 2 rings (SSSR count). The van der Waals surface area contributed by atoms with Crippen LogP contribution in [-0.2, 0) is 14.8 Å². The fourth-order valence-corrected chi connectivity index (χ4v) is 4.46. The molecular formula is C13H19NO6S. The zero-order valence-corrected chi connectivity index (χ0v) is 13.0. The van der Waals surface area contributed by atoms with Crippen LogP contribution >= 0.6 is 0 Å². The highest BCUT2D eigenvalue weighted by atomic mass is 32.2. The van der Waals surface area contributed by atoms with Crippen LogP contribution in [0.15, 0.2) is 9.31 Å². The van der Waals surface area contributed by atoms with E-state index in [1.807, 2.05) is 0 Å². The zero-order valence-electron chi connectivity index (χ0n) is 12.2. The van der Waals surface area contributed by atoms with E-state index in [1.165, 1.54) is 13.8 Å². The Morgan fingerprint density at radius 1 is 1.33 bits per heavy atom. The first kappa shape index (κ1) is 16.0. The van der Waals surface area contributed by atoms with Gasteiger partial charge in [-0.05, 0) is 33.6 Å². The van der Waals surface area contributed by atoms with Crippen LogP contribution in [-0.4, -0.2) is 38.2 Å². The topological polar surface area (TPSA) is 106 Å². The van der Waals surface area contributed by atoms with Crippen LogP contribution < -0.4 is 4.72 Å². The molecule has 0 aliphatic carbocycles. The first-order valence-electron chi connectivity index (χ1n) is 6.61. The molecule has 1 aliphatic heterocycles. The summed E-state index contributed by atoms with van der Waals surface area (Å²) >= 11 is 0. The summed E-state index contributed by atoms with van der Waals surface area (Å²) in [5, 5.41) is 9.22. The minimum atomic E-state index is -4.01. The normalized spacial score (nSPS) is 23.2. The van der Waals surface area contributed by atoms with E-state index in [2.05, 4.69) is 4.72 Å². The molecule has 1 aromatic rings. The predicted molar refractivity (Wildman–Crippen MR) is 73.9 cm³/mol. The third kappa shape index (κ3) is 3.12. The number of aryl methyl sites for hydroxylation is 2. The van der Waals surface area contributed by atoms with E-state index in [1.54, 1.807) is 6.92 Å². The Hall–Kier alpha value is -1.38. The molecule has 1 atom stereocenters. The van der Waals surface area contributed by atoms with Crippen molar-refractivity contribution in [3.63, 3.8) is 0 Å². The number of furan rings is 1. The quantitative estimate of drug-likeness (QED) is 0.870. The number of hydrogen-bond donors (Lipinski definition) is 2. The molecule has 8 heteroatoms. The molecule has 118 valence electrons. The summed E-state index contributed by atoms with van der Waals surface area (Å²) in [5.74, 6) is -1.18. The molecule has 1 aromatic heterocycles. The molecule has 0 radical (unpaired) electrons. The van der Waals surface area contributed by atoms with Gasteiger partial charge in [0, 0.05) is 6.61 Å². The molecule has 2 heterocycles. The van der Waals surface area contributed by atoms with Gasteiger partial charge in [-0.3, -0.25) is 0 Å². The Kier molecular flexibility index (Phi) is 4.14. The maximum absolute atomic E-state index is 12.6. The summed E-state index contributed by atoms with van der Waals surface area (Å²) < 4.78 is 38.2. The van der Waals surface area contributed by atoms with Crippen LogP contribution in [0, 0.1) is 13.8 Å². The molecule has 1 fully saturated rings. The van der Waals surface area contributed by atoms with E-state index in [9.17, 15) is 18.3 Å². The maximum atomic E-state index is 12.6. The largest absolute Gasteiger partial charge is 0.478 e. The molecule has 0 spiro atoms. The monoisotopic (exact) mass is 317 g/mol. The standard InChI is InChI=1S/C13H19NO6S/c1-8-10(12(15)16)11(9(2)20-8)21(17,18)14-13(3)5-4-6-19-7-13/h14H,4-7H2,1-3H3,(H,15,16). The van der Waals surface area contributed by atoms with Crippen molar-refractivity contribution < 1.29 is 27.5 Å². The van der Waals surface area contributed by atoms with E-state index in [0.29, 0.717) is 13.0 Å². The Labute approximate surface area is 123 Å². The number of ether oxygens (including phenoxy) is 1. The molecule has 1 saturated heterocycles. The van der Waals surface area contributed by atoms with Gasteiger partial charge in [-0.1, -0.05) is 0 Å². The number of carboxylic acid groups (broad SMARTS) is 1. The molecule has 2 N–H and O–H groups in total. The highest BCUT2D eigenvalue weighted by Crippen LogP contribution is 2.29. The van der Waals surface area contributed by atoms with Gasteiger partial charge in [0.2, 0.25) is 10.0 Å². The number of sulfonamides is 1. The lowest BCUT2D eigenvalue weighted by atomic mass is 9.97. The van der Waals surface area contributed by atoms with Crippen LogP contribution in [0.4, 0.5) is 0 Å². The summed E-state index contributed by atoms with van der Waals surface area (Å²) in [4.78, 5) is 11.0. The third-order valence-corrected chi connectivity index (χ3v) is 5.30. The number of carboxylic acids is 1. The Morgan fingerprint density at radius 3 is 2.52 bits per heavy atom. The van der Waals surface area contributed by atoms with Gasteiger partial charge in [0.15, 0.2) is 0 Å². The van der Waals surface area contributed by atoms with E-state index in [-0.39, 0.29) is 28.6 Å². The number of nitrogens with one attached hydrogen (secondary N) is 1. The first-order valence-corrected chi connectivity index (χ1v) is 8.10. The summed E-state index contributed by atoms with van der Waals surface area (Å²) in [7, 11) is -4.01. The smallest absolute Gasteiger partial charge is 0.340 e. The molecule has 1 aliphatic rings. The van der Waals surface area contributed by atoms with E-state index >= 15 is 0 Å². The second-order valence-corrected chi connectivity index (χ2v) is 7.17. The van der Waals surface area contributed by atoms with Crippen LogP contribution in [0.3, 0.4) is 0 Å². The van der Waals surface area contributed by atoms with Crippen molar-refractivity contribution in [2.45, 2.75) is 44.0 Å². The predicted octanol–water partition coefficient (Wildman–Crippen LogP) is 1.44. The molecule has 21 heavy (non-hydrogen) atoms. The van der Waals surface area contributed by atoms with Crippen LogP contribution in [0.25, 0.3) is 0 Å². The van der Waals surface area contributed by atoms with Gasteiger partial charge in [-0.2, -0.15) is 0 Å². The van der Waals surface area contributed by atoms with Crippen molar-refractivity contribution in [3.8, 4) is 0 Å². The van der Waals surface area contributed by atoms with Gasteiger partial charge >= 0.3 is 5.97 Å². The molecule has 0 bridgehead atoms. The van der Waals surface area contributed by atoms with Crippen molar-refractivity contribution in [1.82, 2.24) is 4.72 Å². The van der Waals surface area contributed by atoms with Gasteiger partial charge in [-0.25, -0.2) is 17.9 Å². The first-order chi connectivity index (χ1) is 9.66. The van der Waals surface area contributed by atoms with Crippen LogP contribution in [0.5, 0.6) is 0 Å². The highest BCUT2D eigenvalue weighted by Gasteiger charge is 2.37. The molecule has 1 unspecified atom stereocenters. The van der Waals surface area contributed by atoms with Gasteiger partial charge in [0.25, 0.3) is 0 Å². The van der Waals surface area contributed by atoms with Crippen molar-refractivity contribution in [3.05, 3.63) is 17.1 Å². The summed E-state index contributed by atoms with van der Waals surface area (Å²) in [6, 6.07) is 0. The number of carbonyl (C=O) groups is 1. The minimum absolute atomic E-state index is 0.0673. The molecule has 0 aromatic carbocycles. The van der Waals surface area contributed by atoms with Crippen molar-refractivity contribution in [2.75, 3.05) is 13.2 Å². The van der Waals surface area contributed by atoms with E-state index in [4.69, 9.17) is 9.15 Å². The summed E-state index contributed by atoms with van der Waals surface area (Å²) in [5.41, 5.74) is -1.06.